The molecule has 0 aliphatic rings. The van der Waals surface area contributed by atoms with Crippen molar-refractivity contribution in [3.63, 3.8) is 0 Å². The molecular formula is C14H19BrO3. The topological polar surface area (TPSA) is 35.5 Å². The Morgan fingerprint density at radius 1 is 1.28 bits per heavy atom. The SMILES string of the molecule is CCCCOCCOc1ccc(C(C)=O)c(Br)c1. The van der Waals surface area contributed by atoms with Crippen LogP contribution in [0.25, 0.3) is 0 Å². The highest BCUT2D eigenvalue weighted by Crippen LogP contribution is 2.23. The first-order chi connectivity index (χ1) is 8.65. The van der Waals surface area contributed by atoms with Gasteiger partial charge in [0, 0.05) is 16.6 Å². The number of carbonyl (C=O) groups excluding carboxylic acids is 1. The van der Waals surface area contributed by atoms with Crippen molar-refractivity contribution in [3.8, 4) is 5.75 Å². The Balaban J connectivity index is 2.35. The molecule has 18 heavy (non-hydrogen) atoms. The van der Waals surface area contributed by atoms with E-state index in [0.717, 1.165) is 29.7 Å². The molecule has 0 aliphatic heterocycles. The van der Waals surface area contributed by atoms with Gasteiger partial charge in [0.25, 0.3) is 0 Å². The van der Waals surface area contributed by atoms with Crippen molar-refractivity contribution < 1.29 is 14.3 Å². The van der Waals surface area contributed by atoms with Crippen LogP contribution in [0, 0.1) is 0 Å². The summed E-state index contributed by atoms with van der Waals surface area (Å²) >= 11 is 3.36. The largest absolute Gasteiger partial charge is 0.491 e. The summed E-state index contributed by atoms with van der Waals surface area (Å²) in [5, 5.41) is 0. The van der Waals surface area contributed by atoms with Gasteiger partial charge in [-0.1, -0.05) is 13.3 Å². The Hall–Kier alpha value is -0.870. The van der Waals surface area contributed by atoms with Crippen molar-refractivity contribution in [1.29, 1.82) is 0 Å². The Morgan fingerprint density at radius 2 is 2.06 bits per heavy atom. The van der Waals surface area contributed by atoms with E-state index in [2.05, 4.69) is 22.9 Å². The highest BCUT2D eigenvalue weighted by Gasteiger charge is 2.06. The smallest absolute Gasteiger partial charge is 0.160 e. The van der Waals surface area contributed by atoms with Crippen molar-refractivity contribution in [3.05, 3.63) is 28.2 Å². The first-order valence-electron chi connectivity index (χ1n) is 6.16. The minimum atomic E-state index is 0.0383. The van der Waals surface area contributed by atoms with Crippen molar-refractivity contribution >= 4 is 21.7 Å². The molecule has 0 atom stereocenters. The molecule has 100 valence electrons. The van der Waals surface area contributed by atoms with Crippen LogP contribution in [-0.2, 0) is 4.74 Å². The molecule has 0 amide bonds. The number of carbonyl (C=O) groups is 1. The number of ether oxygens (including phenoxy) is 2. The lowest BCUT2D eigenvalue weighted by Crippen LogP contribution is -2.07. The molecule has 0 saturated carbocycles. The predicted molar refractivity (Wildman–Crippen MR) is 75.4 cm³/mol. The third-order valence-corrected chi connectivity index (χ3v) is 3.11. The Kier molecular flexibility index (Phi) is 6.98. The molecular weight excluding hydrogens is 296 g/mol. The number of ketones is 1. The van der Waals surface area contributed by atoms with Crippen molar-refractivity contribution in [1.82, 2.24) is 0 Å². The van der Waals surface area contributed by atoms with Crippen molar-refractivity contribution in [2.75, 3.05) is 19.8 Å². The number of halogens is 1. The van der Waals surface area contributed by atoms with E-state index < -0.39 is 0 Å². The van der Waals surface area contributed by atoms with Gasteiger partial charge in [0.15, 0.2) is 5.78 Å². The summed E-state index contributed by atoms with van der Waals surface area (Å²) in [5.74, 6) is 0.780. The Morgan fingerprint density at radius 3 is 2.67 bits per heavy atom. The van der Waals surface area contributed by atoms with Gasteiger partial charge in [0.05, 0.1) is 6.61 Å². The number of hydrogen-bond donors (Lipinski definition) is 0. The average molecular weight is 315 g/mol. The van der Waals surface area contributed by atoms with Crippen LogP contribution in [0.3, 0.4) is 0 Å². The lowest BCUT2D eigenvalue weighted by Gasteiger charge is -2.08. The molecule has 0 saturated heterocycles. The Labute approximate surface area is 117 Å². The van der Waals surface area contributed by atoms with Gasteiger partial charge in [-0.15, -0.1) is 0 Å². The zero-order valence-corrected chi connectivity index (χ0v) is 12.5. The maximum atomic E-state index is 11.2. The number of hydrogen-bond acceptors (Lipinski definition) is 3. The first-order valence-corrected chi connectivity index (χ1v) is 6.95. The quantitative estimate of drug-likeness (QED) is 0.540. The van der Waals surface area contributed by atoms with Gasteiger partial charge in [-0.3, -0.25) is 4.79 Å². The van der Waals surface area contributed by atoms with Crippen LogP contribution < -0.4 is 4.74 Å². The van der Waals surface area contributed by atoms with E-state index in [1.165, 1.54) is 0 Å². The summed E-state index contributed by atoms with van der Waals surface area (Å²) in [7, 11) is 0. The molecule has 0 bridgehead atoms. The van der Waals surface area contributed by atoms with Gasteiger partial charge in [-0.2, -0.15) is 0 Å². The lowest BCUT2D eigenvalue weighted by atomic mass is 10.1. The zero-order valence-electron chi connectivity index (χ0n) is 10.9. The molecule has 0 fully saturated rings. The number of unbranched alkanes of at least 4 members (excludes halogenated alkanes) is 1. The third-order valence-electron chi connectivity index (χ3n) is 2.46. The second-order valence-corrected chi connectivity index (χ2v) is 4.87. The third kappa shape index (κ3) is 5.19. The first kappa shape index (κ1) is 15.2. The molecule has 0 aromatic heterocycles. The van der Waals surface area contributed by atoms with Gasteiger partial charge in [-0.25, -0.2) is 0 Å². The summed E-state index contributed by atoms with van der Waals surface area (Å²) in [6, 6.07) is 5.37. The second kappa shape index (κ2) is 8.27. The number of benzene rings is 1. The standard InChI is InChI=1S/C14H19BrO3/c1-3-4-7-17-8-9-18-12-5-6-13(11(2)16)14(15)10-12/h5-6,10H,3-4,7-9H2,1-2H3. The van der Waals surface area contributed by atoms with E-state index in [-0.39, 0.29) is 5.78 Å². The summed E-state index contributed by atoms with van der Waals surface area (Å²) in [4.78, 5) is 11.2. The van der Waals surface area contributed by atoms with Gasteiger partial charge >= 0.3 is 0 Å². The molecule has 1 aromatic rings. The van der Waals surface area contributed by atoms with Crippen LogP contribution in [0.1, 0.15) is 37.0 Å². The van der Waals surface area contributed by atoms with E-state index >= 15 is 0 Å². The summed E-state index contributed by atoms with van der Waals surface area (Å²) in [6.07, 6.45) is 2.22. The minimum Gasteiger partial charge on any atom is -0.491 e. The van der Waals surface area contributed by atoms with Gasteiger partial charge in [-0.05, 0) is 47.5 Å². The minimum absolute atomic E-state index is 0.0383. The fourth-order valence-electron chi connectivity index (χ4n) is 1.44. The normalized spacial score (nSPS) is 10.4. The lowest BCUT2D eigenvalue weighted by molar-refractivity contribution is 0.0978. The highest BCUT2D eigenvalue weighted by atomic mass is 79.9. The van der Waals surface area contributed by atoms with Crippen molar-refractivity contribution in [2.24, 2.45) is 0 Å². The zero-order chi connectivity index (χ0) is 13.4. The molecule has 0 N–H and O–H groups in total. The van der Waals surface area contributed by atoms with Crippen LogP contribution in [0.2, 0.25) is 0 Å². The van der Waals surface area contributed by atoms with E-state index in [1.807, 2.05) is 6.07 Å². The number of rotatable bonds is 8. The molecule has 0 heterocycles. The Bertz CT molecular complexity index is 391. The molecule has 0 aliphatic carbocycles. The molecule has 0 radical (unpaired) electrons. The molecule has 3 nitrogen and oxygen atoms in total. The van der Waals surface area contributed by atoms with Crippen LogP contribution in [-0.4, -0.2) is 25.6 Å². The van der Waals surface area contributed by atoms with E-state index in [9.17, 15) is 4.79 Å². The molecule has 1 aromatic carbocycles. The molecule has 0 spiro atoms. The van der Waals surface area contributed by atoms with Gasteiger partial charge < -0.3 is 9.47 Å². The maximum absolute atomic E-state index is 11.2. The van der Waals surface area contributed by atoms with Gasteiger partial charge in [0.2, 0.25) is 0 Å². The fraction of sp³-hybridized carbons (Fsp3) is 0.500. The molecule has 4 heteroatoms. The molecule has 1 rings (SSSR count). The summed E-state index contributed by atoms with van der Waals surface area (Å²) < 4.78 is 11.7. The highest BCUT2D eigenvalue weighted by molar-refractivity contribution is 9.10. The van der Waals surface area contributed by atoms with E-state index in [1.54, 1.807) is 19.1 Å². The van der Waals surface area contributed by atoms with Crippen LogP contribution in [0.5, 0.6) is 5.75 Å². The van der Waals surface area contributed by atoms with E-state index in [4.69, 9.17) is 9.47 Å². The van der Waals surface area contributed by atoms with Crippen LogP contribution >= 0.6 is 15.9 Å². The van der Waals surface area contributed by atoms with Crippen molar-refractivity contribution in [2.45, 2.75) is 26.7 Å². The van der Waals surface area contributed by atoms with Gasteiger partial charge in [0.1, 0.15) is 12.4 Å². The fourth-order valence-corrected chi connectivity index (χ4v) is 2.08. The maximum Gasteiger partial charge on any atom is 0.160 e. The van der Waals surface area contributed by atoms with Crippen LogP contribution in [0.4, 0.5) is 0 Å². The average Bonchev–Trinajstić information content (AvgIpc) is 2.33. The molecule has 0 unspecified atom stereocenters. The van der Waals surface area contributed by atoms with E-state index in [0.29, 0.717) is 18.8 Å². The van der Waals surface area contributed by atoms with Crippen LogP contribution in [0.15, 0.2) is 22.7 Å². The summed E-state index contributed by atoms with van der Waals surface area (Å²) in [5.41, 5.74) is 0.668. The second-order valence-electron chi connectivity index (χ2n) is 4.01. The summed E-state index contributed by atoms with van der Waals surface area (Å²) in [6.45, 7) is 5.57. The monoisotopic (exact) mass is 314 g/mol. The predicted octanol–water partition coefficient (Wildman–Crippen LogP) is 3.85. The number of Topliss-reactive ketones (excluding diaryl/α,β-unsaturated/α-hetero) is 1.